The lowest BCUT2D eigenvalue weighted by Crippen LogP contribution is -2.37. The third-order valence-electron chi connectivity index (χ3n) is 3.95. The van der Waals surface area contributed by atoms with Crippen molar-refractivity contribution in [2.24, 2.45) is 4.40 Å². The number of rotatable bonds is 3. The lowest BCUT2D eigenvalue weighted by Gasteiger charge is -2.28. The molecule has 3 rings (SSSR count). The normalized spacial score (nSPS) is 19.7. The SMILES string of the molecule is CC(C)c1ccc(/C=C/C2=CC=CN3CCS(=O)(=O)N=C23)cc1. The molecule has 2 aliphatic rings. The van der Waals surface area contributed by atoms with Gasteiger partial charge >= 0.3 is 0 Å². The van der Waals surface area contributed by atoms with E-state index < -0.39 is 10.0 Å². The largest absolute Gasteiger partial charge is 0.331 e. The van der Waals surface area contributed by atoms with Gasteiger partial charge in [-0.25, -0.2) is 8.42 Å². The molecule has 5 heteroatoms. The van der Waals surface area contributed by atoms with Crippen LogP contribution in [0.3, 0.4) is 0 Å². The Bertz CT molecular complexity index is 813. The minimum Gasteiger partial charge on any atom is -0.331 e. The Balaban J connectivity index is 1.85. The molecule has 0 saturated carbocycles. The molecule has 23 heavy (non-hydrogen) atoms. The summed E-state index contributed by atoms with van der Waals surface area (Å²) in [5, 5.41) is 0. The van der Waals surface area contributed by atoms with Gasteiger partial charge in [-0.15, -0.1) is 4.40 Å². The van der Waals surface area contributed by atoms with Gasteiger partial charge in [0.1, 0.15) is 0 Å². The summed E-state index contributed by atoms with van der Waals surface area (Å²) in [6.45, 7) is 4.78. The van der Waals surface area contributed by atoms with Crippen molar-refractivity contribution in [2.75, 3.05) is 12.3 Å². The van der Waals surface area contributed by atoms with Crippen LogP contribution in [-0.4, -0.2) is 31.5 Å². The second kappa shape index (κ2) is 6.16. The molecule has 0 saturated heterocycles. The van der Waals surface area contributed by atoms with E-state index in [1.807, 2.05) is 35.4 Å². The molecule has 1 aromatic rings. The fraction of sp³-hybridized carbons (Fsp3) is 0.278. The Morgan fingerprint density at radius 3 is 2.61 bits per heavy atom. The lowest BCUT2D eigenvalue weighted by molar-refractivity contribution is 0.547. The van der Waals surface area contributed by atoms with E-state index in [0.717, 1.165) is 11.1 Å². The Labute approximate surface area is 137 Å². The highest BCUT2D eigenvalue weighted by Gasteiger charge is 2.25. The van der Waals surface area contributed by atoms with Crippen LogP contribution in [0, 0.1) is 0 Å². The summed E-state index contributed by atoms with van der Waals surface area (Å²) in [6.07, 6.45) is 9.56. The van der Waals surface area contributed by atoms with Crippen LogP contribution < -0.4 is 0 Å². The van der Waals surface area contributed by atoms with Gasteiger partial charge in [0.05, 0.1) is 5.75 Å². The smallest absolute Gasteiger partial charge is 0.256 e. The highest BCUT2D eigenvalue weighted by Crippen LogP contribution is 2.20. The van der Waals surface area contributed by atoms with E-state index in [1.165, 1.54) is 5.56 Å². The molecular weight excluding hydrogens is 308 g/mol. The van der Waals surface area contributed by atoms with Gasteiger partial charge in [-0.3, -0.25) is 0 Å². The molecule has 0 aromatic heterocycles. The highest BCUT2D eigenvalue weighted by molar-refractivity contribution is 7.90. The third-order valence-corrected chi connectivity index (χ3v) is 5.10. The molecule has 0 bridgehead atoms. The topological polar surface area (TPSA) is 49.7 Å². The summed E-state index contributed by atoms with van der Waals surface area (Å²) in [5.74, 6) is 1.08. The number of hydrogen-bond acceptors (Lipinski definition) is 3. The molecule has 0 atom stereocenters. The molecule has 0 amide bonds. The molecule has 1 aromatic carbocycles. The number of fused-ring (bicyclic) bond motifs is 1. The summed E-state index contributed by atoms with van der Waals surface area (Å²) in [5.41, 5.74) is 3.19. The summed E-state index contributed by atoms with van der Waals surface area (Å²) in [6, 6.07) is 8.38. The quantitative estimate of drug-likeness (QED) is 0.855. The summed E-state index contributed by atoms with van der Waals surface area (Å²) in [4.78, 5) is 1.88. The number of hydrogen-bond donors (Lipinski definition) is 0. The number of sulfonamides is 1. The maximum absolute atomic E-state index is 11.7. The van der Waals surface area contributed by atoms with Gasteiger partial charge in [0.2, 0.25) is 0 Å². The Hall–Kier alpha value is -2.14. The molecule has 0 N–H and O–H groups in total. The van der Waals surface area contributed by atoms with E-state index in [-0.39, 0.29) is 5.75 Å². The second-order valence-electron chi connectivity index (χ2n) is 6.01. The predicted octanol–water partition coefficient (Wildman–Crippen LogP) is 3.32. The van der Waals surface area contributed by atoms with Gasteiger partial charge in [-0.1, -0.05) is 50.3 Å². The van der Waals surface area contributed by atoms with E-state index >= 15 is 0 Å². The average Bonchev–Trinajstić information content (AvgIpc) is 2.52. The first-order valence-electron chi connectivity index (χ1n) is 7.71. The van der Waals surface area contributed by atoms with Crippen LogP contribution >= 0.6 is 0 Å². The number of allylic oxidation sites excluding steroid dienone is 2. The van der Waals surface area contributed by atoms with Gasteiger partial charge in [0.25, 0.3) is 10.0 Å². The summed E-state index contributed by atoms with van der Waals surface area (Å²) in [7, 11) is -3.35. The van der Waals surface area contributed by atoms with E-state index in [9.17, 15) is 8.42 Å². The highest BCUT2D eigenvalue weighted by atomic mass is 32.2. The van der Waals surface area contributed by atoms with Crippen molar-refractivity contribution < 1.29 is 8.42 Å². The van der Waals surface area contributed by atoms with Crippen LogP contribution in [0.2, 0.25) is 0 Å². The lowest BCUT2D eigenvalue weighted by atomic mass is 10.0. The predicted molar refractivity (Wildman–Crippen MR) is 94.7 cm³/mol. The monoisotopic (exact) mass is 328 g/mol. The third kappa shape index (κ3) is 3.62. The van der Waals surface area contributed by atoms with Gasteiger partial charge < -0.3 is 4.90 Å². The molecule has 0 radical (unpaired) electrons. The standard InChI is InChI=1S/C18H20N2O2S/c1-14(2)16-8-5-15(6-9-16)7-10-17-4-3-11-20-12-13-23(21,22)19-18(17)20/h3-11,14H,12-13H2,1-2H3/b10-7+. The minimum atomic E-state index is -3.35. The van der Waals surface area contributed by atoms with Crippen molar-refractivity contribution in [3.8, 4) is 0 Å². The van der Waals surface area contributed by atoms with Crippen molar-refractivity contribution in [3.05, 3.63) is 65.4 Å². The zero-order valence-electron chi connectivity index (χ0n) is 13.3. The van der Waals surface area contributed by atoms with Crippen molar-refractivity contribution in [2.45, 2.75) is 19.8 Å². The van der Waals surface area contributed by atoms with Gasteiger partial charge in [-0.2, -0.15) is 0 Å². The van der Waals surface area contributed by atoms with Crippen LogP contribution in [0.15, 0.2) is 58.7 Å². The zero-order valence-corrected chi connectivity index (χ0v) is 14.1. The van der Waals surface area contributed by atoms with Crippen LogP contribution in [0.1, 0.15) is 30.9 Å². The van der Waals surface area contributed by atoms with Crippen LogP contribution in [-0.2, 0) is 10.0 Å². The summed E-state index contributed by atoms with van der Waals surface area (Å²) < 4.78 is 27.4. The van der Waals surface area contributed by atoms with Crippen molar-refractivity contribution in [3.63, 3.8) is 0 Å². The molecular formula is C18H20N2O2S. The van der Waals surface area contributed by atoms with E-state index in [4.69, 9.17) is 0 Å². The first-order valence-corrected chi connectivity index (χ1v) is 9.32. The first-order chi connectivity index (χ1) is 10.9. The van der Waals surface area contributed by atoms with E-state index in [1.54, 1.807) is 0 Å². The molecule has 120 valence electrons. The Morgan fingerprint density at radius 2 is 1.91 bits per heavy atom. The van der Waals surface area contributed by atoms with E-state index in [0.29, 0.717) is 18.3 Å². The first kappa shape index (κ1) is 15.7. The Kier molecular flexibility index (Phi) is 4.22. The van der Waals surface area contributed by atoms with Crippen LogP contribution in [0.4, 0.5) is 0 Å². The number of amidine groups is 1. The maximum atomic E-state index is 11.7. The maximum Gasteiger partial charge on any atom is 0.256 e. The fourth-order valence-electron chi connectivity index (χ4n) is 2.55. The average molecular weight is 328 g/mol. The molecule has 0 spiro atoms. The van der Waals surface area contributed by atoms with E-state index in [2.05, 4.69) is 42.5 Å². The van der Waals surface area contributed by atoms with Crippen LogP contribution in [0.5, 0.6) is 0 Å². The molecule has 4 nitrogen and oxygen atoms in total. The summed E-state index contributed by atoms with van der Waals surface area (Å²) >= 11 is 0. The van der Waals surface area contributed by atoms with Crippen molar-refractivity contribution in [1.82, 2.24) is 4.90 Å². The molecule has 0 fully saturated rings. The molecule has 0 aliphatic carbocycles. The minimum absolute atomic E-state index is 0.0640. The fourth-order valence-corrected chi connectivity index (χ4v) is 3.54. The zero-order chi connectivity index (χ0) is 16.4. The van der Waals surface area contributed by atoms with Crippen molar-refractivity contribution in [1.29, 1.82) is 0 Å². The molecule has 2 heterocycles. The second-order valence-corrected chi connectivity index (χ2v) is 7.77. The van der Waals surface area contributed by atoms with Crippen molar-refractivity contribution >= 4 is 21.9 Å². The molecule has 2 aliphatic heterocycles. The number of benzene rings is 1. The molecule has 0 unspecified atom stereocenters. The van der Waals surface area contributed by atoms with Crippen LogP contribution in [0.25, 0.3) is 6.08 Å². The van der Waals surface area contributed by atoms with Gasteiger partial charge in [0.15, 0.2) is 5.84 Å². The number of nitrogens with zero attached hydrogens (tertiary/aromatic N) is 2. The van der Waals surface area contributed by atoms with Gasteiger partial charge in [0, 0.05) is 18.3 Å². The van der Waals surface area contributed by atoms with Gasteiger partial charge in [-0.05, 0) is 29.2 Å². The Morgan fingerprint density at radius 1 is 1.17 bits per heavy atom.